The number of fused-ring (bicyclic) bond motifs is 1. The molecule has 4 nitrogen and oxygen atoms in total. The second kappa shape index (κ2) is 5.29. The van der Waals surface area contributed by atoms with E-state index in [1.807, 2.05) is 6.07 Å². The van der Waals surface area contributed by atoms with Gasteiger partial charge in [0, 0.05) is 19.7 Å². The van der Waals surface area contributed by atoms with Crippen LogP contribution < -0.4 is 0 Å². The third-order valence-electron chi connectivity index (χ3n) is 3.12. The quantitative estimate of drug-likeness (QED) is 0.759. The smallest absolute Gasteiger partial charge is 0.335 e. The zero-order valence-electron chi connectivity index (χ0n) is 9.72. The first kappa shape index (κ1) is 12.1. The van der Waals surface area contributed by atoms with Crippen LogP contribution >= 0.6 is 0 Å². The van der Waals surface area contributed by atoms with Crippen molar-refractivity contribution in [2.45, 2.75) is 25.9 Å². The lowest BCUT2D eigenvalue weighted by Gasteiger charge is -2.13. The number of carboxylic acid groups (broad SMARTS) is 1. The van der Waals surface area contributed by atoms with Gasteiger partial charge in [-0.3, -0.25) is 4.90 Å². The van der Waals surface area contributed by atoms with Gasteiger partial charge in [-0.1, -0.05) is 6.07 Å². The van der Waals surface area contributed by atoms with Crippen LogP contribution in [0.1, 0.15) is 34.3 Å². The molecule has 1 aromatic rings. The number of hydrogen-bond acceptors (Lipinski definition) is 3. The van der Waals surface area contributed by atoms with E-state index in [-0.39, 0.29) is 6.61 Å². The first-order chi connectivity index (χ1) is 8.20. The summed E-state index contributed by atoms with van der Waals surface area (Å²) < 4.78 is 0. The average Bonchev–Trinajstić information content (AvgIpc) is 2.70. The Morgan fingerprint density at radius 3 is 2.71 bits per heavy atom. The van der Waals surface area contributed by atoms with Gasteiger partial charge < -0.3 is 10.2 Å². The van der Waals surface area contributed by atoms with Crippen molar-refractivity contribution in [3.63, 3.8) is 0 Å². The number of rotatable bonds is 5. The molecule has 1 heterocycles. The minimum atomic E-state index is -0.869. The van der Waals surface area contributed by atoms with Crippen molar-refractivity contribution in [2.24, 2.45) is 0 Å². The van der Waals surface area contributed by atoms with Crippen LogP contribution in [0, 0.1) is 0 Å². The van der Waals surface area contributed by atoms with Crippen molar-refractivity contribution in [3.8, 4) is 0 Å². The number of carboxylic acids is 1. The summed E-state index contributed by atoms with van der Waals surface area (Å²) in [5, 5.41) is 17.6. The highest BCUT2D eigenvalue weighted by molar-refractivity contribution is 5.87. The van der Waals surface area contributed by atoms with Crippen molar-refractivity contribution in [2.75, 3.05) is 13.2 Å². The molecule has 4 heteroatoms. The normalized spacial score (nSPS) is 14.9. The highest BCUT2D eigenvalue weighted by atomic mass is 16.4. The highest BCUT2D eigenvalue weighted by Gasteiger charge is 2.19. The number of carbonyl (C=O) groups is 1. The van der Waals surface area contributed by atoms with Crippen LogP contribution in [-0.2, 0) is 13.1 Å². The molecule has 1 aliphatic rings. The van der Waals surface area contributed by atoms with Gasteiger partial charge in [-0.25, -0.2) is 4.79 Å². The van der Waals surface area contributed by atoms with E-state index in [1.54, 1.807) is 12.1 Å². The zero-order chi connectivity index (χ0) is 12.3. The van der Waals surface area contributed by atoms with Crippen LogP contribution in [0.2, 0.25) is 0 Å². The largest absolute Gasteiger partial charge is 0.478 e. The van der Waals surface area contributed by atoms with Crippen LogP contribution in [0.3, 0.4) is 0 Å². The molecule has 0 saturated carbocycles. The fourth-order valence-electron chi connectivity index (χ4n) is 2.20. The van der Waals surface area contributed by atoms with Crippen molar-refractivity contribution < 1.29 is 15.0 Å². The SMILES string of the molecule is O=C(O)c1ccc2c(c1)CN(CCCCO)C2. The fraction of sp³-hybridized carbons (Fsp3) is 0.462. The second-order valence-corrected chi connectivity index (χ2v) is 4.43. The summed E-state index contributed by atoms with van der Waals surface area (Å²) in [4.78, 5) is 13.1. The van der Waals surface area contributed by atoms with Crippen LogP contribution in [0.15, 0.2) is 18.2 Å². The number of unbranched alkanes of at least 4 members (excludes halogenated alkanes) is 1. The summed E-state index contributed by atoms with van der Waals surface area (Å²) in [6.07, 6.45) is 1.81. The lowest BCUT2D eigenvalue weighted by Crippen LogP contribution is -2.17. The molecule has 1 aromatic carbocycles. The molecule has 2 rings (SSSR count). The van der Waals surface area contributed by atoms with Crippen molar-refractivity contribution in [1.82, 2.24) is 4.90 Å². The second-order valence-electron chi connectivity index (χ2n) is 4.43. The van der Waals surface area contributed by atoms with Crippen molar-refractivity contribution in [1.29, 1.82) is 0 Å². The number of benzene rings is 1. The summed E-state index contributed by atoms with van der Waals surface area (Å²) in [6.45, 7) is 2.91. The van der Waals surface area contributed by atoms with Crippen LogP contribution in [0.4, 0.5) is 0 Å². The predicted octanol–water partition coefficient (Wildman–Crippen LogP) is 1.47. The molecule has 2 N–H and O–H groups in total. The number of hydrogen-bond donors (Lipinski definition) is 2. The van der Waals surface area contributed by atoms with E-state index in [4.69, 9.17) is 10.2 Å². The zero-order valence-corrected chi connectivity index (χ0v) is 9.72. The Kier molecular flexibility index (Phi) is 3.76. The topological polar surface area (TPSA) is 60.8 Å². The number of aromatic carboxylic acids is 1. The highest BCUT2D eigenvalue weighted by Crippen LogP contribution is 2.24. The van der Waals surface area contributed by atoms with Gasteiger partial charge in [0.05, 0.1) is 5.56 Å². The molecule has 0 aromatic heterocycles. The fourth-order valence-corrected chi connectivity index (χ4v) is 2.20. The van der Waals surface area contributed by atoms with E-state index in [0.717, 1.165) is 38.0 Å². The number of aliphatic hydroxyl groups is 1. The van der Waals surface area contributed by atoms with Gasteiger partial charge in [-0.05, 0) is 42.6 Å². The first-order valence-electron chi connectivity index (χ1n) is 5.89. The Morgan fingerprint density at radius 1 is 1.24 bits per heavy atom. The molecule has 0 bridgehead atoms. The summed E-state index contributed by atoms with van der Waals surface area (Å²) in [5.74, 6) is -0.869. The Morgan fingerprint density at radius 2 is 2.00 bits per heavy atom. The maximum absolute atomic E-state index is 10.9. The maximum atomic E-state index is 10.9. The maximum Gasteiger partial charge on any atom is 0.335 e. The van der Waals surface area contributed by atoms with Gasteiger partial charge in [0.1, 0.15) is 0 Å². The monoisotopic (exact) mass is 235 g/mol. The standard InChI is InChI=1S/C13H17NO3/c15-6-2-1-5-14-8-11-4-3-10(13(16)17)7-12(11)9-14/h3-4,7,15H,1-2,5-6,8-9H2,(H,16,17). The van der Waals surface area contributed by atoms with Crippen LogP contribution in [-0.4, -0.2) is 34.2 Å². The predicted molar refractivity (Wildman–Crippen MR) is 63.8 cm³/mol. The van der Waals surface area contributed by atoms with Gasteiger partial charge >= 0.3 is 5.97 Å². The summed E-state index contributed by atoms with van der Waals surface area (Å²) >= 11 is 0. The molecule has 1 aliphatic heterocycles. The van der Waals surface area contributed by atoms with Gasteiger partial charge in [-0.2, -0.15) is 0 Å². The molecule has 0 spiro atoms. The number of nitrogens with zero attached hydrogens (tertiary/aromatic N) is 1. The van der Waals surface area contributed by atoms with Gasteiger partial charge in [0.2, 0.25) is 0 Å². The lowest BCUT2D eigenvalue weighted by molar-refractivity contribution is 0.0696. The molecule has 92 valence electrons. The third kappa shape index (κ3) is 2.84. The van der Waals surface area contributed by atoms with Crippen LogP contribution in [0.25, 0.3) is 0 Å². The van der Waals surface area contributed by atoms with E-state index >= 15 is 0 Å². The van der Waals surface area contributed by atoms with E-state index < -0.39 is 5.97 Å². The molecular formula is C13H17NO3. The molecule has 0 saturated heterocycles. The Bertz CT molecular complexity index is 417. The summed E-state index contributed by atoms with van der Waals surface area (Å²) in [7, 11) is 0. The average molecular weight is 235 g/mol. The van der Waals surface area contributed by atoms with Gasteiger partial charge in [-0.15, -0.1) is 0 Å². The Balaban J connectivity index is 1.99. The summed E-state index contributed by atoms with van der Waals surface area (Å²) in [5.41, 5.74) is 2.70. The van der Waals surface area contributed by atoms with Crippen molar-refractivity contribution >= 4 is 5.97 Å². The van der Waals surface area contributed by atoms with E-state index in [0.29, 0.717) is 5.56 Å². The third-order valence-corrected chi connectivity index (χ3v) is 3.12. The molecule has 0 aliphatic carbocycles. The van der Waals surface area contributed by atoms with E-state index in [1.165, 1.54) is 5.56 Å². The Hall–Kier alpha value is -1.39. The van der Waals surface area contributed by atoms with E-state index in [2.05, 4.69) is 4.90 Å². The molecule has 0 unspecified atom stereocenters. The molecule has 0 amide bonds. The summed E-state index contributed by atoms with van der Waals surface area (Å²) in [6, 6.07) is 5.34. The molecular weight excluding hydrogens is 218 g/mol. The Labute approximate surface area is 100 Å². The molecule has 0 fully saturated rings. The number of aliphatic hydroxyl groups excluding tert-OH is 1. The van der Waals surface area contributed by atoms with E-state index in [9.17, 15) is 4.79 Å². The van der Waals surface area contributed by atoms with Gasteiger partial charge in [0.15, 0.2) is 0 Å². The minimum Gasteiger partial charge on any atom is -0.478 e. The lowest BCUT2D eigenvalue weighted by atomic mass is 10.1. The minimum absolute atomic E-state index is 0.240. The van der Waals surface area contributed by atoms with Gasteiger partial charge in [0.25, 0.3) is 0 Å². The van der Waals surface area contributed by atoms with Crippen molar-refractivity contribution in [3.05, 3.63) is 34.9 Å². The molecule has 17 heavy (non-hydrogen) atoms. The molecule has 0 radical (unpaired) electrons. The molecule has 0 atom stereocenters. The van der Waals surface area contributed by atoms with Crippen LogP contribution in [0.5, 0.6) is 0 Å². The first-order valence-corrected chi connectivity index (χ1v) is 5.89.